The third-order valence-electron chi connectivity index (χ3n) is 4.07. The number of fused-ring (bicyclic) bond motifs is 1. The van der Waals surface area contributed by atoms with Gasteiger partial charge in [0.25, 0.3) is 0 Å². The summed E-state index contributed by atoms with van der Waals surface area (Å²) in [6, 6.07) is 13.0. The monoisotopic (exact) mass is 394 g/mol. The SMILES string of the molecule is COC(=O)CCc1ccc(OCc2cc3c(C(F)(F)F)cccc3s2)cc1. The van der Waals surface area contributed by atoms with Crippen molar-refractivity contribution in [2.75, 3.05) is 7.11 Å². The number of thiophene rings is 1. The Kier molecular flexibility index (Phi) is 5.70. The topological polar surface area (TPSA) is 35.5 Å². The molecule has 0 aliphatic carbocycles. The fourth-order valence-electron chi connectivity index (χ4n) is 2.69. The van der Waals surface area contributed by atoms with Gasteiger partial charge in [-0.2, -0.15) is 13.2 Å². The number of hydrogen-bond acceptors (Lipinski definition) is 4. The van der Waals surface area contributed by atoms with E-state index in [0.717, 1.165) is 16.5 Å². The second-order valence-electron chi connectivity index (χ2n) is 5.94. The molecule has 0 unspecified atom stereocenters. The van der Waals surface area contributed by atoms with Crippen molar-refractivity contribution in [1.29, 1.82) is 0 Å². The molecule has 1 aromatic heterocycles. The summed E-state index contributed by atoms with van der Waals surface area (Å²) in [5.41, 5.74) is 0.349. The van der Waals surface area contributed by atoms with E-state index in [1.807, 2.05) is 12.1 Å². The van der Waals surface area contributed by atoms with Gasteiger partial charge in [0, 0.05) is 21.4 Å². The van der Waals surface area contributed by atoms with Crippen molar-refractivity contribution in [3.63, 3.8) is 0 Å². The van der Waals surface area contributed by atoms with Crippen LogP contribution in [-0.4, -0.2) is 13.1 Å². The zero-order valence-corrected chi connectivity index (χ0v) is 15.3. The number of carbonyl (C=O) groups excluding carboxylic acids is 1. The molecule has 0 saturated carbocycles. The Morgan fingerprint density at radius 2 is 1.85 bits per heavy atom. The quantitative estimate of drug-likeness (QED) is 0.510. The van der Waals surface area contributed by atoms with E-state index in [9.17, 15) is 18.0 Å². The zero-order valence-electron chi connectivity index (χ0n) is 14.5. The van der Waals surface area contributed by atoms with Crippen molar-refractivity contribution in [3.05, 3.63) is 64.5 Å². The number of aryl methyl sites for hydroxylation is 1. The summed E-state index contributed by atoms with van der Waals surface area (Å²) < 4.78 is 50.2. The molecular weight excluding hydrogens is 377 g/mol. The lowest BCUT2D eigenvalue weighted by atomic mass is 10.1. The van der Waals surface area contributed by atoms with Crippen molar-refractivity contribution in [2.45, 2.75) is 25.6 Å². The van der Waals surface area contributed by atoms with Crippen molar-refractivity contribution >= 4 is 27.4 Å². The second-order valence-corrected chi connectivity index (χ2v) is 7.10. The maximum absolute atomic E-state index is 13.1. The number of rotatable bonds is 6. The minimum atomic E-state index is -4.38. The van der Waals surface area contributed by atoms with Gasteiger partial charge in [-0.1, -0.05) is 18.2 Å². The van der Waals surface area contributed by atoms with Gasteiger partial charge in [0.05, 0.1) is 12.7 Å². The van der Waals surface area contributed by atoms with Gasteiger partial charge in [0.1, 0.15) is 12.4 Å². The number of carbonyl (C=O) groups is 1. The fourth-order valence-corrected chi connectivity index (χ4v) is 3.69. The molecule has 7 heteroatoms. The van der Waals surface area contributed by atoms with Crippen LogP contribution in [0.15, 0.2) is 48.5 Å². The minimum Gasteiger partial charge on any atom is -0.488 e. The summed E-state index contributed by atoms with van der Waals surface area (Å²) in [6.07, 6.45) is -3.50. The summed E-state index contributed by atoms with van der Waals surface area (Å²) in [6.45, 7) is 0.193. The Morgan fingerprint density at radius 1 is 1.11 bits per heavy atom. The average molecular weight is 394 g/mol. The lowest BCUT2D eigenvalue weighted by Crippen LogP contribution is -2.04. The molecule has 0 N–H and O–H groups in total. The van der Waals surface area contributed by atoms with E-state index < -0.39 is 11.7 Å². The predicted molar refractivity (Wildman–Crippen MR) is 97.9 cm³/mol. The first-order valence-corrected chi connectivity index (χ1v) is 9.05. The van der Waals surface area contributed by atoms with E-state index in [2.05, 4.69) is 4.74 Å². The highest BCUT2D eigenvalue weighted by atomic mass is 32.1. The Balaban J connectivity index is 1.66. The van der Waals surface area contributed by atoms with Crippen LogP contribution in [0.3, 0.4) is 0 Å². The molecule has 0 bridgehead atoms. The van der Waals surface area contributed by atoms with Crippen LogP contribution >= 0.6 is 11.3 Å². The third-order valence-corrected chi connectivity index (χ3v) is 5.14. The van der Waals surface area contributed by atoms with Crippen LogP contribution in [0.1, 0.15) is 22.4 Å². The van der Waals surface area contributed by atoms with E-state index in [0.29, 0.717) is 23.3 Å². The van der Waals surface area contributed by atoms with E-state index >= 15 is 0 Å². The molecule has 0 aliphatic rings. The minimum absolute atomic E-state index is 0.193. The molecule has 0 fully saturated rings. The Morgan fingerprint density at radius 3 is 2.52 bits per heavy atom. The molecule has 0 radical (unpaired) electrons. The zero-order chi connectivity index (χ0) is 19.4. The van der Waals surface area contributed by atoms with Gasteiger partial charge in [0.15, 0.2) is 0 Å². The van der Waals surface area contributed by atoms with Gasteiger partial charge in [-0.15, -0.1) is 11.3 Å². The lowest BCUT2D eigenvalue weighted by Gasteiger charge is -2.07. The normalized spacial score (nSPS) is 11.6. The highest BCUT2D eigenvalue weighted by molar-refractivity contribution is 7.19. The number of ether oxygens (including phenoxy) is 2. The molecule has 3 nitrogen and oxygen atoms in total. The van der Waals surface area contributed by atoms with Gasteiger partial charge < -0.3 is 9.47 Å². The smallest absolute Gasteiger partial charge is 0.417 e. The number of esters is 1. The van der Waals surface area contributed by atoms with Gasteiger partial charge in [-0.05, 0) is 42.3 Å². The fraction of sp³-hybridized carbons (Fsp3) is 0.250. The molecule has 3 rings (SSSR count). The molecule has 0 aliphatic heterocycles. The van der Waals surface area contributed by atoms with Gasteiger partial charge in [-0.25, -0.2) is 0 Å². The summed E-state index contributed by atoms with van der Waals surface area (Å²) in [5, 5.41) is 0.201. The molecule has 142 valence electrons. The van der Waals surface area contributed by atoms with Crippen LogP contribution in [0.2, 0.25) is 0 Å². The number of halogens is 3. The maximum Gasteiger partial charge on any atom is 0.417 e. The number of methoxy groups -OCH3 is 1. The molecule has 0 atom stereocenters. The molecule has 0 saturated heterocycles. The Bertz CT molecular complexity index is 930. The highest BCUT2D eigenvalue weighted by Crippen LogP contribution is 2.38. The molecule has 3 aromatic rings. The van der Waals surface area contributed by atoms with Gasteiger partial charge in [0.2, 0.25) is 0 Å². The van der Waals surface area contributed by atoms with Crippen molar-refractivity contribution in [1.82, 2.24) is 0 Å². The molecule has 27 heavy (non-hydrogen) atoms. The third kappa shape index (κ3) is 4.80. The van der Waals surface area contributed by atoms with Crippen LogP contribution in [0, 0.1) is 0 Å². The van der Waals surface area contributed by atoms with Crippen LogP contribution in [-0.2, 0) is 28.7 Å². The van der Waals surface area contributed by atoms with Crippen LogP contribution in [0.5, 0.6) is 5.75 Å². The van der Waals surface area contributed by atoms with Crippen molar-refractivity contribution < 1.29 is 27.4 Å². The van der Waals surface area contributed by atoms with Crippen molar-refractivity contribution in [3.8, 4) is 5.75 Å². The Hall–Kier alpha value is -2.54. The molecule has 2 aromatic carbocycles. The summed E-state index contributed by atoms with van der Waals surface area (Å²) in [4.78, 5) is 11.9. The summed E-state index contributed by atoms with van der Waals surface area (Å²) >= 11 is 1.29. The molecule has 0 amide bonds. The van der Waals surface area contributed by atoms with Crippen molar-refractivity contribution in [2.24, 2.45) is 0 Å². The molecule has 1 heterocycles. The molecular formula is C20H17F3O3S. The number of benzene rings is 2. The highest BCUT2D eigenvalue weighted by Gasteiger charge is 2.32. The first-order valence-electron chi connectivity index (χ1n) is 8.24. The van der Waals surface area contributed by atoms with E-state index in [-0.39, 0.29) is 18.0 Å². The van der Waals surface area contributed by atoms with Gasteiger partial charge >= 0.3 is 12.1 Å². The van der Waals surface area contributed by atoms with E-state index in [1.54, 1.807) is 18.2 Å². The summed E-state index contributed by atoms with van der Waals surface area (Å²) in [5.74, 6) is 0.351. The standard InChI is InChI=1S/C20H17F3O3S/c1-25-19(24)10-7-13-5-8-14(9-6-13)26-12-15-11-16-17(20(21,22)23)3-2-4-18(16)27-15/h2-6,8-9,11H,7,10,12H2,1H3. The van der Waals surface area contributed by atoms with Crippen LogP contribution in [0.4, 0.5) is 13.2 Å². The van der Waals surface area contributed by atoms with Crippen LogP contribution < -0.4 is 4.74 Å². The largest absolute Gasteiger partial charge is 0.488 e. The van der Waals surface area contributed by atoms with Gasteiger partial charge in [-0.3, -0.25) is 4.79 Å². The first-order chi connectivity index (χ1) is 12.9. The van der Waals surface area contributed by atoms with E-state index in [4.69, 9.17) is 4.74 Å². The number of hydrogen-bond donors (Lipinski definition) is 0. The van der Waals surface area contributed by atoms with E-state index in [1.165, 1.54) is 30.6 Å². The molecule has 0 spiro atoms. The summed E-state index contributed by atoms with van der Waals surface area (Å²) in [7, 11) is 1.35. The lowest BCUT2D eigenvalue weighted by molar-refractivity contribution is -0.140. The first kappa shape index (κ1) is 19.2. The average Bonchev–Trinajstić information content (AvgIpc) is 3.07. The Labute approximate surface area is 158 Å². The van der Waals surface area contributed by atoms with Crippen LogP contribution in [0.25, 0.3) is 10.1 Å². The maximum atomic E-state index is 13.1. The second kappa shape index (κ2) is 8.00. The number of alkyl halides is 3. The predicted octanol–water partition coefficient (Wildman–Crippen LogP) is 5.60.